The van der Waals surface area contributed by atoms with Crippen LogP contribution in [0.5, 0.6) is 0 Å². The number of hydrogen-bond acceptors (Lipinski definition) is 8. The fraction of sp³-hybridized carbons (Fsp3) is 0.185. The number of allylic oxidation sites excluding steroid dienone is 1. The fourth-order valence-corrected chi connectivity index (χ4v) is 5.87. The van der Waals surface area contributed by atoms with Gasteiger partial charge in [-0.05, 0) is 41.0 Å². The molecule has 0 radical (unpaired) electrons. The monoisotopic (exact) mass is 516 g/mol. The van der Waals surface area contributed by atoms with Crippen molar-refractivity contribution in [2.45, 2.75) is 32.5 Å². The number of benzene rings is 1. The van der Waals surface area contributed by atoms with Crippen molar-refractivity contribution in [2.24, 2.45) is 4.99 Å². The van der Waals surface area contributed by atoms with E-state index in [-0.39, 0.29) is 18.9 Å². The summed E-state index contributed by atoms with van der Waals surface area (Å²) in [6.07, 6.45) is 3.60. The second-order valence-corrected chi connectivity index (χ2v) is 10.1. The summed E-state index contributed by atoms with van der Waals surface area (Å²) in [5.74, 6) is -0.522. The molecule has 0 saturated heterocycles. The van der Waals surface area contributed by atoms with Crippen LogP contribution in [-0.4, -0.2) is 26.9 Å². The highest BCUT2D eigenvalue weighted by molar-refractivity contribution is 8.16. The van der Waals surface area contributed by atoms with E-state index in [4.69, 9.17) is 9.73 Å². The molecular weight excluding hydrogens is 492 g/mol. The van der Waals surface area contributed by atoms with E-state index in [1.54, 1.807) is 23.7 Å². The molecule has 1 N–H and O–H groups in total. The van der Waals surface area contributed by atoms with Crippen molar-refractivity contribution < 1.29 is 14.3 Å². The van der Waals surface area contributed by atoms with Crippen LogP contribution in [0.3, 0.4) is 0 Å². The molecule has 3 aromatic rings. The zero-order chi connectivity index (χ0) is 24.9. The van der Waals surface area contributed by atoms with Gasteiger partial charge >= 0.3 is 5.97 Å². The minimum absolute atomic E-state index is 0.114. The zero-order valence-corrected chi connectivity index (χ0v) is 21.2. The first-order chi connectivity index (χ1) is 17.6. The van der Waals surface area contributed by atoms with Crippen molar-refractivity contribution in [1.82, 2.24) is 15.2 Å². The number of thiophene rings is 1. The maximum atomic E-state index is 13.4. The number of carbonyl (C=O) groups is 2. The number of esters is 1. The first-order valence-electron chi connectivity index (χ1n) is 11.4. The molecule has 182 valence electrons. The molecule has 1 atom stereocenters. The third kappa shape index (κ3) is 5.27. The summed E-state index contributed by atoms with van der Waals surface area (Å²) in [5.41, 5.74) is 3.75. The van der Waals surface area contributed by atoms with Crippen LogP contribution in [0.4, 0.5) is 0 Å². The van der Waals surface area contributed by atoms with Crippen molar-refractivity contribution in [2.75, 3.05) is 0 Å². The number of hydrogen-bond donors (Lipinski definition) is 1. The minimum atomic E-state index is -0.409. The lowest BCUT2D eigenvalue weighted by molar-refractivity contribution is -0.141. The van der Waals surface area contributed by atoms with Crippen LogP contribution in [0.2, 0.25) is 0 Å². The van der Waals surface area contributed by atoms with Crippen molar-refractivity contribution in [3.05, 3.63) is 111 Å². The van der Waals surface area contributed by atoms with Crippen LogP contribution < -0.4 is 5.32 Å². The number of rotatable bonds is 8. The lowest BCUT2D eigenvalue weighted by Gasteiger charge is -2.35. The van der Waals surface area contributed by atoms with Crippen molar-refractivity contribution in [1.29, 1.82) is 0 Å². The lowest BCUT2D eigenvalue weighted by Crippen LogP contribution is -2.37. The van der Waals surface area contributed by atoms with Gasteiger partial charge in [0, 0.05) is 29.5 Å². The topological polar surface area (TPSA) is 83.9 Å². The summed E-state index contributed by atoms with van der Waals surface area (Å²) in [4.78, 5) is 38.0. The molecule has 1 amide bonds. The molecule has 4 heterocycles. The average molecular weight is 517 g/mol. The minimum Gasteiger partial charge on any atom is -0.457 e. The van der Waals surface area contributed by atoms with Crippen LogP contribution in [0.25, 0.3) is 0 Å². The largest absolute Gasteiger partial charge is 0.457 e. The molecule has 5 rings (SSSR count). The molecule has 2 aromatic heterocycles. The summed E-state index contributed by atoms with van der Waals surface area (Å²) < 4.78 is 5.72. The quantitative estimate of drug-likeness (QED) is 0.416. The lowest BCUT2D eigenvalue weighted by atomic mass is 9.99. The first kappa shape index (κ1) is 24.0. The third-order valence-electron chi connectivity index (χ3n) is 5.80. The molecule has 0 saturated carbocycles. The van der Waals surface area contributed by atoms with Gasteiger partial charge in [-0.2, -0.15) is 0 Å². The predicted molar refractivity (Wildman–Crippen MR) is 142 cm³/mol. The number of aliphatic imine (C=N–C) groups is 1. The molecule has 0 aliphatic carbocycles. The Labute approximate surface area is 217 Å². The number of aromatic nitrogens is 1. The molecule has 0 unspecified atom stereocenters. The molecule has 2 aliphatic rings. The van der Waals surface area contributed by atoms with Crippen LogP contribution in [0, 0.1) is 0 Å². The third-order valence-corrected chi connectivity index (χ3v) is 7.61. The number of nitrogens with one attached hydrogen (secondary N) is 1. The Morgan fingerprint density at radius 2 is 1.92 bits per heavy atom. The van der Waals surface area contributed by atoms with Gasteiger partial charge in [0.05, 0.1) is 17.7 Å². The number of amides is 1. The Kier molecular flexibility index (Phi) is 7.29. The van der Waals surface area contributed by atoms with E-state index in [0.717, 1.165) is 26.9 Å². The van der Waals surface area contributed by atoms with Crippen molar-refractivity contribution >= 4 is 40.1 Å². The van der Waals surface area contributed by atoms with Gasteiger partial charge in [-0.3, -0.25) is 9.78 Å². The molecule has 36 heavy (non-hydrogen) atoms. The standard InChI is InChI=1S/C27H24N4O3S2/c1-18-24(26(33)34-16-19-7-3-2-4-8-19)25(22-10-6-12-35-22)31-21(17-36-27(31)30-18)13-23(32)29-15-20-9-5-11-28-14-20/h2-12,14,17,25H,13,15-16H2,1H3,(H,29,32)/t25-/m1/s1. The van der Waals surface area contributed by atoms with Gasteiger partial charge in [0.25, 0.3) is 0 Å². The van der Waals surface area contributed by atoms with Crippen LogP contribution in [-0.2, 0) is 27.5 Å². The highest BCUT2D eigenvalue weighted by atomic mass is 32.2. The predicted octanol–water partition coefficient (Wildman–Crippen LogP) is 5.17. The summed E-state index contributed by atoms with van der Waals surface area (Å²) in [7, 11) is 0. The van der Waals surface area contributed by atoms with Gasteiger partial charge in [0.1, 0.15) is 12.6 Å². The van der Waals surface area contributed by atoms with E-state index in [1.165, 1.54) is 11.8 Å². The van der Waals surface area contributed by atoms with Crippen molar-refractivity contribution in [3.8, 4) is 0 Å². The second-order valence-electron chi connectivity index (χ2n) is 8.28. The molecule has 0 bridgehead atoms. The van der Waals surface area contributed by atoms with Gasteiger partial charge in [-0.1, -0.05) is 54.2 Å². The molecule has 2 aliphatic heterocycles. The van der Waals surface area contributed by atoms with Crippen molar-refractivity contribution in [3.63, 3.8) is 0 Å². The number of fused-ring (bicyclic) bond motifs is 1. The summed E-state index contributed by atoms with van der Waals surface area (Å²) in [5, 5.41) is 7.63. The molecule has 1 aromatic carbocycles. The highest BCUT2D eigenvalue weighted by Gasteiger charge is 2.41. The Morgan fingerprint density at radius 1 is 1.08 bits per heavy atom. The number of pyridine rings is 1. The Bertz CT molecular complexity index is 1340. The second kappa shape index (κ2) is 10.9. The Balaban J connectivity index is 1.35. The zero-order valence-electron chi connectivity index (χ0n) is 19.6. The normalized spacial score (nSPS) is 16.8. The Morgan fingerprint density at radius 3 is 2.67 bits per heavy atom. The van der Waals surface area contributed by atoms with Crippen LogP contribution in [0.15, 0.2) is 99.7 Å². The van der Waals surface area contributed by atoms with E-state index in [1.807, 2.05) is 77.2 Å². The van der Waals surface area contributed by atoms with E-state index in [0.29, 0.717) is 17.8 Å². The Hall–Kier alpha value is -3.69. The molecule has 0 spiro atoms. The number of thioether (sulfide) groups is 1. The molecular formula is C27H24N4O3S2. The number of ether oxygens (including phenoxy) is 1. The van der Waals surface area contributed by atoms with Gasteiger partial charge in [-0.25, -0.2) is 9.79 Å². The molecule has 7 nitrogen and oxygen atoms in total. The van der Waals surface area contributed by atoms with E-state index in [9.17, 15) is 9.59 Å². The SMILES string of the molecule is CC1=C(C(=O)OCc2ccccc2)[C@@H](c2cccs2)N2C(CC(=O)NCc3cccnc3)=CSC2=N1. The van der Waals surface area contributed by atoms with E-state index >= 15 is 0 Å². The summed E-state index contributed by atoms with van der Waals surface area (Å²) in [6.45, 7) is 2.42. The first-order valence-corrected chi connectivity index (χ1v) is 13.2. The maximum Gasteiger partial charge on any atom is 0.338 e. The van der Waals surface area contributed by atoms with Gasteiger partial charge < -0.3 is 15.0 Å². The molecule has 9 heteroatoms. The van der Waals surface area contributed by atoms with Gasteiger partial charge in [0.15, 0.2) is 5.17 Å². The smallest absolute Gasteiger partial charge is 0.338 e. The molecule has 0 fully saturated rings. The van der Waals surface area contributed by atoms with Gasteiger partial charge in [-0.15, -0.1) is 11.3 Å². The van der Waals surface area contributed by atoms with Crippen LogP contribution in [0.1, 0.15) is 35.4 Å². The number of nitrogens with zero attached hydrogens (tertiary/aromatic N) is 3. The van der Waals surface area contributed by atoms with E-state index in [2.05, 4.69) is 10.3 Å². The summed E-state index contributed by atoms with van der Waals surface area (Å²) >= 11 is 3.02. The van der Waals surface area contributed by atoms with Crippen LogP contribution >= 0.6 is 23.1 Å². The number of carbonyl (C=O) groups excluding carboxylic acids is 2. The summed E-state index contributed by atoms with van der Waals surface area (Å²) in [6, 6.07) is 16.9. The fourth-order valence-electron chi connectivity index (χ4n) is 4.08. The number of amidine groups is 1. The average Bonchev–Trinajstić information content (AvgIpc) is 3.57. The van der Waals surface area contributed by atoms with Gasteiger partial charge in [0.2, 0.25) is 5.91 Å². The highest BCUT2D eigenvalue weighted by Crippen LogP contribution is 2.45. The maximum absolute atomic E-state index is 13.4. The van der Waals surface area contributed by atoms with E-state index < -0.39 is 12.0 Å².